The fourth-order valence-electron chi connectivity index (χ4n) is 11.2. The highest BCUT2D eigenvalue weighted by Gasteiger charge is 2.58. The molecule has 9 rings (SSSR count). The first-order valence-electron chi connectivity index (χ1n) is 31.4. The number of benzene rings is 6. The number of thiazole rings is 1. The van der Waals surface area contributed by atoms with Crippen LogP contribution < -0.4 is 20.7 Å². The number of rotatable bonds is 28. The molecule has 0 radical (unpaired) electrons. The van der Waals surface area contributed by atoms with E-state index in [1.54, 1.807) is 59.1 Å². The molecule has 6 aromatic carbocycles. The topological polar surface area (TPSA) is 290 Å². The maximum absolute atomic E-state index is 15.1. The number of carbonyl (C=O) groups excluding carboxylic acids is 5. The van der Waals surface area contributed by atoms with Gasteiger partial charge < -0.3 is 49.5 Å². The Morgan fingerprint density at radius 3 is 1.70 bits per heavy atom. The number of ketones is 1. The van der Waals surface area contributed by atoms with E-state index in [4.69, 9.17) is 28.8 Å². The highest BCUT2D eigenvalue weighted by Crippen LogP contribution is 2.43. The lowest BCUT2D eigenvalue weighted by Gasteiger charge is -2.50. The molecular weight excluding hydrogens is 1270 g/mol. The molecule has 0 bridgehead atoms. The number of fused-ring (bicyclic) bond motifs is 1. The molecule has 2 atom stereocenters. The lowest BCUT2D eigenvalue weighted by molar-refractivity contribution is -0.228. The standard InChI is InChI=1S/C71H81N9O14S2/c1-68(2,3)91-66(84)73-38-24-40-78(41-25-39-74-67(85)92-69(4,5)6)64(72)79-44-50-36-37-55(42-51(50)45-79)89-46-59(63(83)90-61(48-26-14-9-15-27-48)49-28-16-10-17-29-49)93-77-60(58(81)43-56-62(82)80(70(56,7)8)94-96(86,87)88)57-47-95-65(75-57)76-71(52-30-18-11-19-31-52,53-32-20-12-21-33-53)54-34-22-13-23-35-54/h9-23,26-37,42,47,56,59,61,72H,24-25,38-41,43-46H2,1-8H3,(H,73,84)(H,74,85)(H,75,76)(H,86,87,88)/b72-64?,77-60-/t56-,59+/m1/s1. The van der Waals surface area contributed by atoms with Gasteiger partial charge in [-0.25, -0.2) is 19.4 Å². The van der Waals surface area contributed by atoms with Crippen LogP contribution in [0.5, 0.6) is 5.75 Å². The Morgan fingerprint density at radius 1 is 0.729 bits per heavy atom. The van der Waals surface area contributed by atoms with Crippen LogP contribution in [0.1, 0.15) is 125 Å². The molecule has 0 unspecified atom stereocenters. The van der Waals surface area contributed by atoms with Gasteiger partial charge in [-0.3, -0.25) is 19.6 Å². The van der Waals surface area contributed by atoms with E-state index in [0.29, 0.717) is 66.1 Å². The number of esters is 1. The van der Waals surface area contributed by atoms with Crippen molar-refractivity contribution in [1.82, 2.24) is 30.5 Å². The van der Waals surface area contributed by atoms with E-state index in [1.165, 1.54) is 13.8 Å². The van der Waals surface area contributed by atoms with Crippen LogP contribution in [-0.2, 0) is 66.7 Å². The minimum absolute atomic E-state index is 0.00654. The summed E-state index contributed by atoms with van der Waals surface area (Å²) in [4.78, 5) is 83.7. The van der Waals surface area contributed by atoms with Crippen LogP contribution in [0.2, 0.25) is 0 Å². The van der Waals surface area contributed by atoms with Gasteiger partial charge in [-0.05, 0) is 119 Å². The maximum atomic E-state index is 15.1. The van der Waals surface area contributed by atoms with Crippen LogP contribution in [0.25, 0.3) is 0 Å². The van der Waals surface area contributed by atoms with Crippen molar-refractivity contribution in [3.8, 4) is 5.75 Å². The van der Waals surface area contributed by atoms with Crippen LogP contribution in [0.4, 0.5) is 14.7 Å². The second-order valence-electron chi connectivity index (χ2n) is 25.6. The van der Waals surface area contributed by atoms with Crippen molar-refractivity contribution in [2.24, 2.45) is 11.1 Å². The first-order valence-corrected chi connectivity index (χ1v) is 33.7. The highest BCUT2D eigenvalue weighted by atomic mass is 32.3. The largest absolute Gasteiger partial charge is 0.489 e. The van der Waals surface area contributed by atoms with E-state index in [2.05, 4.69) is 25.4 Å². The summed E-state index contributed by atoms with van der Waals surface area (Å²) in [6.07, 6.45) is -3.35. The molecule has 1 aromatic heterocycles. The second-order valence-corrected chi connectivity index (χ2v) is 27.5. The number of guanidine groups is 1. The van der Waals surface area contributed by atoms with Crippen molar-refractivity contribution in [1.29, 1.82) is 5.41 Å². The van der Waals surface area contributed by atoms with E-state index in [-0.39, 0.29) is 24.7 Å². The summed E-state index contributed by atoms with van der Waals surface area (Å²) >= 11 is 1.16. The van der Waals surface area contributed by atoms with Crippen molar-refractivity contribution < 1.29 is 65.0 Å². The number of aromatic nitrogens is 1. The predicted octanol–water partition coefficient (Wildman–Crippen LogP) is 11.4. The van der Waals surface area contributed by atoms with Crippen molar-refractivity contribution in [2.45, 2.75) is 122 Å². The van der Waals surface area contributed by atoms with Gasteiger partial charge in [0.1, 0.15) is 34.8 Å². The summed E-state index contributed by atoms with van der Waals surface area (Å²) < 4.78 is 61.5. The van der Waals surface area contributed by atoms with Gasteiger partial charge in [0.25, 0.3) is 12.0 Å². The minimum atomic E-state index is -5.13. The quantitative estimate of drug-likeness (QED) is 0.00350. The van der Waals surface area contributed by atoms with Gasteiger partial charge in [0.15, 0.2) is 28.7 Å². The molecule has 2 aliphatic rings. The highest BCUT2D eigenvalue weighted by molar-refractivity contribution is 7.80. The van der Waals surface area contributed by atoms with Gasteiger partial charge in [0.05, 0.1) is 11.5 Å². The number of carbonyl (C=O) groups is 5. The molecule has 1 fully saturated rings. The Balaban J connectivity index is 1.02. The molecule has 96 heavy (non-hydrogen) atoms. The van der Waals surface area contributed by atoms with E-state index in [9.17, 15) is 32.8 Å². The van der Waals surface area contributed by atoms with E-state index in [0.717, 1.165) is 39.2 Å². The monoisotopic (exact) mass is 1350 g/mol. The number of hydrogen-bond donors (Lipinski definition) is 5. The van der Waals surface area contributed by atoms with Crippen LogP contribution in [0.15, 0.2) is 180 Å². The molecule has 0 spiro atoms. The lowest BCUT2D eigenvalue weighted by atomic mass is 9.74. The normalized spacial score (nSPS) is 15.0. The zero-order valence-electron chi connectivity index (χ0n) is 54.9. The van der Waals surface area contributed by atoms with Crippen molar-refractivity contribution >= 4 is 68.4 Å². The SMILES string of the molecule is CC(C)(C)OC(=O)NCCCN(CCCNC(=O)OC(C)(C)C)C(=N)N1Cc2ccc(OC[C@H](O/N=C(\C(=O)C[C@@H]3C(=O)N(OS(=O)(=O)O)C3(C)C)c3csc(NC(c4ccccc4)(c4ccccc4)c4ccccc4)n3)C(=O)OC(c3ccccc3)c3ccccc3)cc2C1. The number of Topliss-reactive ketones (excluding diaryl/α,β-unsaturated/α-hetero) is 1. The Kier molecular flexibility index (Phi) is 22.7. The number of hydrogen-bond acceptors (Lipinski definition) is 18. The first-order chi connectivity index (χ1) is 45.7. The fraction of sp³-hybridized carbons (Fsp3) is 0.352. The minimum Gasteiger partial charge on any atom is -0.489 e. The van der Waals surface area contributed by atoms with E-state index < -0.39 is 99.4 Å². The smallest absolute Gasteiger partial charge is 0.418 e. The number of anilines is 1. The number of hydroxylamine groups is 2. The first kappa shape index (κ1) is 70.6. The van der Waals surface area contributed by atoms with Gasteiger partial charge in [0.2, 0.25) is 0 Å². The average Bonchev–Trinajstić information content (AvgIpc) is 0.943. The summed E-state index contributed by atoms with van der Waals surface area (Å²) in [6.45, 7) is 15.1. The Hall–Kier alpha value is -9.69. The summed E-state index contributed by atoms with van der Waals surface area (Å²) in [5.41, 5.74) is 1.34. The molecule has 25 heteroatoms. The van der Waals surface area contributed by atoms with E-state index >= 15 is 9.59 Å². The Bertz CT molecular complexity index is 3810. The van der Waals surface area contributed by atoms with Gasteiger partial charge in [-0.2, -0.15) is 13.5 Å². The Labute approximate surface area is 563 Å². The molecule has 0 saturated carbocycles. The van der Waals surface area contributed by atoms with Crippen LogP contribution in [0, 0.1) is 11.3 Å². The van der Waals surface area contributed by atoms with Crippen molar-refractivity contribution in [2.75, 3.05) is 38.1 Å². The summed E-state index contributed by atoms with van der Waals surface area (Å²) in [5.74, 6) is -3.28. The summed E-state index contributed by atoms with van der Waals surface area (Å²) in [6, 6.07) is 52.9. The third kappa shape index (κ3) is 18.4. The van der Waals surface area contributed by atoms with Crippen molar-refractivity contribution in [3.63, 3.8) is 0 Å². The van der Waals surface area contributed by atoms with Gasteiger partial charge in [-0.1, -0.05) is 163 Å². The maximum Gasteiger partial charge on any atom is 0.418 e. The number of ether oxygens (including phenoxy) is 4. The Morgan fingerprint density at radius 2 is 1.22 bits per heavy atom. The molecule has 1 saturated heterocycles. The number of nitrogens with zero attached hydrogens (tertiary/aromatic N) is 5. The zero-order valence-corrected chi connectivity index (χ0v) is 56.5. The summed E-state index contributed by atoms with van der Waals surface area (Å²) in [5, 5.41) is 25.6. The number of β-lactam (4-membered cyclic amide) rings is 1. The van der Waals surface area contributed by atoms with Gasteiger partial charge in [0, 0.05) is 51.1 Å². The fourth-order valence-corrected chi connectivity index (χ4v) is 12.4. The number of alkyl carbamates (subject to hydrolysis) is 2. The van der Waals surface area contributed by atoms with Crippen molar-refractivity contribution in [3.05, 3.63) is 220 Å². The molecule has 23 nitrogen and oxygen atoms in total. The number of oxime groups is 1. The molecule has 3 amide bonds. The zero-order chi connectivity index (χ0) is 68.8. The van der Waals surface area contributed by atoms with Crippen LogP contribution in [-0.4, -0.2) is 130 Å². The molecule has 506 valence electrons. The number of nitrogens with one attached hydrogen (secondary N) is 4. The molecule has 2 aliphatic heterocycles. The van der Waals surface area contributed by atoms with Gasteiger partial charge >= 0.3 is 28.6 Å². The van der Waals surface area contributed by atoms with Gasteiger partial charge in [-0.15, -0.1) is 15.6 Å². The number of amides is 3. The third-order valence-electron chi connectivity index (χ3n) is 15.8. The predicted molar refractivity (Wildman–Crippen MR) is 362 cm³/mol. The molecule has 0 aliphatic carbocycles. The lowest BCUT2D eigenvalue weighted by Crippen LogP contribution is -2.68. The average molecular weight is 1350 g/mol. The molecule has 5 N–H and O–H groups in total. The van der Waals surface area contributed by atoms with E-state index in [1.807, 2.05) is 168 Å². The molecular formula is C71H81N9O14S2. The molecule has 3 heterocycles. The molecule has 7 aromatic rings. The third-order valence-corrected chi connectivity index (χ3v) is 16.9. The van der Waals surface area contributed by atoms with Crippen LogP contribution >= 0.6 is 11.3 Å². The van der Waals surface area contributed by atoms with Crippen LogP contribution in [0.3, 0.4) is 0 Å². The second kappa shape index (κ2) is 30.8. The summed E-state index contributed by atoms with van der Waals surface area (Å²) in [7, 11) is -5.13.